The van der Waals surface area contributed by atoms with Crippen LogP contribution in [-0.4, -0.2) is 32.6 Å². The Hall–Kier alpha value is -3.53. The number of benzene rings is 1. The maximum absolute atomic E-state index is 13.0. The molecule has 10 heteroatoms. The highest BCUT2D eigenvalue weighted by Crippen LogP contribution is 2.55. The number of hydrogen-bond donors (Lipinski definition) is 2. The first kappa shape index (κ1) is 26.5. The van der Waals surface area contributed by atoms with Crippen molar-refractivity contribution in [2.24, 2.45) is 11.3 Å². The summed E-state index contributed by atoms with van der Waals surface area (Å²) < 4.78 is 44.2. The van der Waals surface area contributed by atoms with Crippen LogP contribution in [0.25, 0.3) is 11.1 Å². The van der Waals surface area contributed by atoms with Crippen LogP contribution in [0.5, 0.6) is 0 Å². The smallest absolute Gasteiger partial charge is 0.433 e. The second-order valence-corrected chi connectivity index (χ2v) is 9.83. The number of pyridine rings is 1. The Kier molecular flexibility index (Phi) is 6.98. The van der Waals surface area contributed by atoms with Crippen molar-refractivity contribution in [3.05, 3.63) is 65.7 Å². The number of anilines is 2. The normalized spacial score (nSPS) is 21.0. The molecule has 0 saturated heterocycles. The summed E-state index contributed by atoms with van der Waals surface area (Å²) >= 11 is 0. The molecule has 2 heterocycles. The van der Waals surface area contributed by atoms with E-state index in [-0.39, 0.29) is 18.5 Å². The van der Waals surface area contributed by atoms with Gasteiger partial charge in [0, 0.05) is 29.1 Å². The van der Waals surface area contributed by atoms with Crippen molar-refractivity contribution < 1.29 is 27.8 Å². The molecule has 2 atom stereocenters. The molecule has 3 aromatic rings. The summed E-state index contributed by atoms with van der Waals surface area (Å²) in [5.41, 5.74) is 0.266. The van der Waals surface area contributed by atoms with Crippen molar-refractivity contribution in [2.45, 2.75) is 52.3 Å². The third-order valence-electron chi connectivity index (χ3n) is 7.10. The molecule has 1 aliphatic rings. The number of halogens is 3. The van der Waals surface area contributed by atoms with Crippen LogP contribution in [0.3, 0.4) is 0 Å². The Labute approximate surface area is 213 Å². The summed E-state index contributed by atoms with van der Waals surface area (Å²) in [6.45, 7) is 7.61. The van der Waals surface area contributed by atoms with Crippen LogP contribution in [-0.2, 0) is 21.3 Å². The van der Waals surface area contributed by atoms with Gasteiger partial charge < -0.3 is 15.2 Å². The van der Waals surface area contributed by atoms with Crippen LogP contribution >= 0.6 is 0 Å². The lowest BCUT2D eigenvalue weighted by Crippen LogP contribution is -2.43. The molecule has 1 saturated carbocycles. The number of hydrogen-bond acceptors (Lipinski definition) is 7. The van der Waals surface area contributed by atoms with E-state index >= 15 is 0 Å². The molecular formula is C27H29F3N4O3. The minimum absolute atomic E-state index is 0.165. The molecule has 37 heavy (non-hydrogen) atoms. The van der Waals surface area contributed by atoms with E-state index in [4.69, 9.17) is 4.74 Å². The summed E-state index contributed by atoms with van der Waals surface area (Å²) in [5.74, 6) is -0.923. The number of esters is 1. The van der Waals surface area contributed by atoms with Gasteiger partial charge in [0.1, 0.15) is 11.3 Å². The zero-order chi connectivity index (χ0) is 27.0. The van der Waals surface area contributed by atoms with Crippen molar-refractivity contribution in [1.82, 2.24) is 15.0 Å². The molecule has 1 fully saturated rings. The van der Waals surface area contributed by atoms with E-state index in [0.29, 0.717) is 24.2 Å². The zero-order valence-electron chi connectivity index (χ0n) is 21.1. The van der Waals surface area contributed by atoms with Crippen molar-refractivity contribution >= 4 is 17.6 Å². The molecule has 7 nitrogen and oxygen atoms in total. The monoisotopic (exact) mass is 514 g/mol. The first-order chi connectivity index (χ1) is 17.3. The van der Waals surface area contributed by atoms with Crippen molar-refractivity contribution in [2.75, 3.05) is 11.9 Å². The van der Waals surface area contributed by atoms with Gasteiger partial charge in [-0.15, -0.1) is 0 Å². The average molecular weight is 515 g/mol. The molecule has 0 amide bonds. The van der Waals surface area contributed by atoms with Gasteiger partial charge in [-0.25, -0.2) is 9.97 Å². The van der Waals surface area contributed by atoms with E-state index in [0.717, 1.165) is 29.0 Å². The molecule has 0 aliphatic heterocycles. The molecule has 2 N–H and O–H groups in total. The molecule has 196 valence electrons. The molecule has 1 aromatic carbocycles. The fourth-order valence-electron chi connectivity index (χ4n) is 4.98. The van der Waals surface area contributed by atoms with Gasteiger partial charge in [0.15, 0.2) is 0 Å². The number of carbonyl (C=O) groups is 1. The minimum Gasteiger partial charge on any atom is -0.466 e. The molecule has 4 rings (SSSR count). The third-order valence-corrected chi connectivity index (χ3v) is 7.10. The molecular weight excluding hydrogens is 485 g/mol. The summed E-state index contributed by atoms with van der Waals surface area (Å²) in [5, 5.41) is 14.4. The highest BCUT2D eigenvalue weighted by molar-refractivity contribution is 5.74. The topological polar surface area (TPSA) is 97.2 Å². The van der Waals surface area contributed by atoms with Crippen molar-refractivity contribution in [3.8, 4) is 11.1 Å². The van der Waals surface area contributed by atoms with Crippen LogP contribution in [0, 0.1) is 18.3 Å². The molecule has 0 bridgehead atoms. The maximum atomic E-state index is 13.0. The minimum atomic E-state index is -4.57. The fraction of sp³-hybridized carbons (Fsp3) is 0.407. The van der Waals surface area contributed by atoms with Gasteiger partial charge in [0.2, 0.25) is 5.95 Å². The second-order valence-electron chi connectivity index (χ2n) is 9.83. The highest BCUT2D eigenvalue weighted by atomic mass is 19.4. The van der Waals surface area contributed by atoms with E-state index in [2.05, 4.69) is 20.3 Å². The average Bonchev–Trinajstić information content (AvgIpc) is 3.08. The second kappa shape index (κ2) is 9.74. The summed E-state index contributed by atoms with van der Waals surface area (Å²) in [4.78, 5) is 24.5. The summed E-state index contributed by atoms with van der Waals surface area (Å²) in [6.07, 6.45) is -1.000. The van der Waals surface area contributed by atoms with E-state index in [9.17, 15) is 23.1 Å². The molecule has 2 aromatic heterocycles. The Morgan fingerprint density at radius 2 is 1.92 bits per heavy atom. The van der Waals surface area contributed by atoms with E-state index < -0.39 is 28.8 Å². The number of nitrogens with zero attached hydrogens (tertiary/aromatic N) is 3. The lowest BCUT2D eigenvalue weighted by atomic mass is 9.70. The number of carbonyl (C=O) groups excluding carboxylic acids is 1. The standard InChI is InChI=1S/C27H29F3N4O3/c1-5-37-23(35)20-8-10-26(36,25(20,3)4)21-7-6-17(15-32-21)18-12-16(2)13-19(14-18)33-24-31-11-9-22(34-24)27(28,29)30/h6-7,9,11-15,20,36H,5,8,10H2,1-4H3,(H,31,33,34). The summed E-state index contributed by atoms with van der Waals surface area (Å²) in [7, 11) is 0. The first-order valence-corrected chi connectivity index (χ1v) is 12.0. The van der Waals surface area contributed by atoms with Gasteiger partial charge in [0.05, 0.1) is 18.2 Å². The number of aryl methyl sites for hydroxylation is 1. The fourth-order valence-corrected chi connectivity index (χ4v) is 4.98. The maximum Gasteiger partial charge on any atom is 0.433 e. The van der Waals surface area contributed by atoms with Gasteiger partial charge in [-0.05, 0) is 62.1 Å². The van der Waals surface area contributed by atoms with Crippen molar-refractivity contribution in [1.29, 1.82) is 0 Å². The van der Waals surface area contributed by atoms with Gasteiger partial charge >= 0.3 is 12.1 Å². The highest BCUT2D eigenvalue weighted by Gasteiger charge is 2.58. The Balaban J connectivity index is 1.59. The number of ether oxygens (including phenoxy) is 1. The predicted molar refractivity (Wildman–Crippen MR) is 132 cm³/mol. The van der Waals surface area contributed by atoms with E-state index in [1.807, 2.05) is 32.9 Å². The van der Waals surface area contributed by atoms with Gasteiger partial charge in [-0.1, -0.05) is 26.0 Å². The number of aliphatic hydroxyl groups is 1. The zero-order valence-corrected chi connectivity index (χ0v) is 21.1. The predicted octanol–water partition coefficient (Wildman–Crippen LogP) is 5.80. The van der Waals surface area contributed by atoms with Gasteiger partial charge in [0.25, 0.3) is 0 Å². The Morgan fingerprint density at radius 1 is 1.16 bits per heavy atom. The lowest BCUT2D eigenvalue weighted by Gasteiger charge is -2.39. The molecule has 2 unspecified atom stereocenters. The summed E-state index contributed by atoms with van der Waals surface area (Å²) in [6, 6.07) is 9.84. The first-order valence-electron chi connectivity index (χ1n) is 12.0. The van der Waals surface area contributed by atoms with Crippen molar-refractivity contribution in [3.63, 3.8) is 0 Å². The number of aromatic nitrogens is 3. The Bertz CT molecular complexity index is 1290. The van der Waals surface area contributed by atoms with Crippen LogP contribution < -0.4 is 5.32 Å². The number of rotatable bonds is 6. The number of nitrogens with one attached hydrogen (secondary N) is 1. The molecule has 0 spiro atoms. The van der Waals surface area contributed by atoms with Gasteiger partial charge in [-0.3, -0.25) is 9.78 Å². The molecule has 1 aliphatic carbocycles. The molecule has 0 radical (unpaired) electrons. The lowest BCUT2D eigenvalue weighted by molar-refractivity contribution is -0.156. The Morgan fingerprint density at radius 3 is 2.57 bits per heavy atom. The van der Waals surface area contributed by atoms with Crippen LogP contribution in [0.2, 0.25) is 0 Å². The van der Waals surface area contributed by atoms with E-state index in [1.165, 1.54) is 0 Å². The van der Waals surface area contributed by atoms with Crippen LogP contribution in [0.1, 0.15) is 50.6 Å². The third kappa shape index (κ3) is 5.16. The largest absolute Gasteiger partial charge is 0.466 e. The van der Waals surface area contributed by atoms with E-state index in [1.54, 1.807) is 31.3 Å². The number of alkyl halides is 3. The SMILES string of the molecule is CCOC(=O)C1CCC(O)(c2ccc(-c3cc(C)cc(Nc4nccc(C(F)(F)F)n4)c3)cn2)C1(C)C. The van der Waals surface area contributed by atoms with Crippen LogP contribution in [0.15, 0.2) is 48.8 Å². The van der Waals surface area contributed by atoms with Crippen LogP contribution in [0.4, 0.5) is 24.8 Å². The van der Waals surface area contributed by atoms with Gasteiger partial charge in [-0.2, -0.15) is 13.2 Å². The quantitative estimate of drug-likeness (QED) is 0.402.